The molecule has 0 saturated heterocycles. The highest BCUT2D eigenvalue weighted by Crippen LogP contribution is 2.22. The first-order valence-electron chi connectivity index (χ1n) is 4.50. The van der Waals surface area contributed by atoms with Gasteiger partial charge in [0.1, 0.15) is 11.7 Å². The van der Waals surface area contributed by atoms with Gasteiger partial charge in [0.05, 0.1) is 15.6 Å². The lowest BCUT2D eigenvalue weighted by atomic mass is 10.3. The number of rotatable bonds is 2. The third-order valence-corrected chi connectivity index (χ3v) is 3.11. The largest absolute Gasteiger partial charge is 0.383 e. The smallest absolute Gasteiger partial charge is 0.141 e. The second kappa shape index (κ2) is 4.63. The van der Waals surface area contributed by atoms with Crippen LogP contribution in [0.15, 0.2) is 40.7 Å². The number of thiophene rings is 1. The molecule has 82 valence electrons. The summed E-state index contributed by atoms with van der Waals surface area (Å²) in [6, 6.07) is 8.00. The highest BCUT2D eigenvalue weighted by molar-refractivity contribution is 7.12. The van der Waals surface area contributed by atoms with Gasteiger partial charge >= 0.3 is 0 Å². The molecule has 1 heterocycles. The Balaban J connectivity index is 2.32. The number of hydrogen-bond donors (Lipinski definition) is 1. The summed E-state index contributed by atoms with van der Waals surface area (Å²) in [5, 5.41) is 1.95. The first-order valence-corrected chi connectivity index (χ1v) is 5.75. The molecule has 0 unspecified atom stereocenters. The zero-order valence-electron chi connectivity index (χ0n) is 8.15. The van der Waals surface area contributed by atoms with Gasteiger partial charge in [-0.1, -0.05) is 17.7 Å². The predicted molar refractivity (Wildman–Crippen MR) is 66.1 cm³/mol. The molecular formula is C11H8ClFN2S. The molecule has 0 bridgehead atoms. The van der Waals surface area contributed by atoms with Gasteiger partial charge in [0.2, 0.25) is 0 Å². The van der Waals surface area contributed by atoms with E-state index in [1.165, 1.54) is 29.5 Å². The van der Waals surface area contributed by atoms with Gasteiger partial charge in [0, 0.05) is 0 Å². The Hall–Kier alpha value is -1.39. The Morgan fingerprint density at radius 2 is 2.19 bits per heavy atom. The molecule has 16 heavy (non-hydrogen) atoms. The lowest BCUT2D eigenvalue weighted by molar-refractivity contribution is 0.628. The van der Waals surface area contributed by atoms with Gasteiger partial charge in [-0.3, -0.25) is 0 Å². The minimum atomic E-state index is -0.463. The Kier molecular flexibility index (Phi) is 3.22. The first kappa shape index (κ1) is 11.1. The zero-order chi connectivity index (χ0) is 11.5. The molecule has 1 aromatic heterocycles. The van der Waals surface area contributed by atoms with Crippen LogP contribution in [0, 0.1) is 5.82 Å². The van der Waals surface area contributed by atoms with Crippen molar-refractivity contribution in [3.05, 3.63) is 51.4 Å². The first-order chi connectivity index (χ1) is 7.66. The molecule has 0 radical (unpaired) electrons. The summed E-state index contributed by atoms with van der Waals surface area (Å²) in [7, 11) is 0. The molecule has 0 fully saturated rings. The van der Waals surface area contributed by atoms with E-state index in [0.29, 0.717) is 11.5 Å². The SMILES string of the molecule is NC(=Nc1ccc(F)c(Cl)c1)c1cccs1. The summed E-state index contributed by atoms with van der Waals surface area (Å²) in [5.41, 5.74) is 6.32. The van der Waals surface area contributed by atoms with Crippen molar-refractivity contribution in [3.8, 4) is 0 Å². The zero-order valence-corrected chi connectivity index (χ0v) is 9.73. The average Bonchev–Trinajstić information content (AvgIpc) is 2.77. The van der Waals surface area contributed by atoms with E-state index in [9.17, 15) is 4.39 Å². The van der Waals surface area contributed by atoms with Gasteiger partial charge in [-0.2, -0.15) is 0 Å². The van der Waals surface area contributed by atoms with Crippen molar-refractivity contribution in [2.24, 2.45) is 10.7 Å². The van der Waals surface area contributed by atoms with E-state index in [4.69, 9.17) is 17.3 Å². The molecule has 2 N–H and O–H groups in total. The second-order valence-electron chi connectivity index (χ2n) is 3.07. The van der Waals surface area contributed by atoms with Crippen molar-refractivity contribution < 1.29 is 4.39 Å². The monoisotopic (exact) mass is 254 g/mol. The molecule has 0 aliphatic carbocycles. The predicted octanol–water partition coefficient (Wildman–Crippen LogP) is 3.58. The molecule has 0 atom stereocenters. The molecule has 0 aliphatic heterocycles. The molecule has 2 rings (SSSR count). The van der Waals surface area contributed by atoms with Gasteiger partial charge in [-0.25, -0.2) is 9.38 Å². The molecule has 2 nitrogen and oxygen atoms in total. The quantitative estimate of drug-likeness (QED) is 0.646. The minimum absolute atomic E-state index is 0.0419. The number of hydrogen-bond acceptors (Lipinski definition) is 2. The molecule has 0 aliphatic rings. The number of nitrogens with two attached hydrogens (primary N) is 1. The standard InChI is InChI=1S/C11H8ClFN2S/c12-8-6-7(3-4-9(8)13)15-11(14)10-2-1-5-16-10/h1-6H,(H2,14,15). The number of nitrogens with zero attached hydrogens (tertiary/aromatic N) is 1. The normalized spacial score (nSPS) is 11.8. The van der Waals surface area contributed by atoms with E-state index in [0.717, 1.165) is 4.88 Å². The third-order valence-electron chi connectivity index (χ3n) is 1.93. The van der Waals surface area contributed by atoms with E-state index in [2.05, 4.69) is 4.99 Å². The van der Waals surface area contributed by atoms with Crippen LogP contribution in [0.25, 0.3) is 0 Å². The van der Waals surface area contributed by atoms with Crippen LogP contribution in [0.2, 0.25) is 5.02 Å². The van der Waals surface area contributed by atoms with Crippen LogP contribution < -0.4 is 5.73 Å². The van der Waals surface area contributed by atoms with Crippen LogP contribution in [-0.4, -0.2) is 5.84 Å². The van der Waals surface area contributed by atoms with Crippen molar-refractivity contribution in [1.29, 1.82) is 0 Å². The molecule has 0 spiro atoms. The van der Waals surface area contributed by atoms with Crippen LogP contribution in [0.4, 0.5) is 10.1 Å². The highest BCUT2D eigenvalue weighted by atomic mass is 35.5. The highest BCUT2D eigenvalue weighted by Gasteiger charge is 2.02. The summed E-state index contributed by atoms with van der Waals surface area (Å²) in [5.74, 6) is -0.0620. The van der Waals surface area contributed by atoms with Crippen molar-refractivity contribution in [3.63, 3.8) is 0 Å². The fourth-order valence-corrected chi connectivity index (χ4v) is 1.98. The van der Waals surface area contributed by atoms with Gasteiger partial charge in [0.15, 0.2) is 0 Å². The van der Waals surface area contributed by atoms with Crippen molar-refractivity contribution >= 4 is 34.5 Å². The number of benzene rings is 1. The molecule has 0 saturated carbocycles. The Labute approximate surface area is 101 Å². The Morgan fingerprint density at radius 3 is 2.81 bits per heavy atom. The third kappa shape index (κ3) is 2.40. The van der Waals surface area contributed by atoms with E-state index in [-0.39, 0.29) is 5.02 Å². The maximum Gasteiger partial charge on any atom is 0.141 e. The summed E-state index contributed by atoms with van der Waals surface area (Å²) < 4.78 is 12.9. The fraction of sp³-hybridized carbons (Fsp3) is 0. The van der Waals surface area contributed by atoms with E-state index in [1.807, 2.05) is 17.5 Å². The number of amidine groups is 1. The molecule has 1 aromatic carbocycles. The van der Waals surface area contributed by atoms with Crippen LogP contribution in [0.1, 0.15) is 4.88 Å². The summed E-state index contributed by atoms with van der Waals surface area (Å²) in [6.07, 6.45) is 0. The lowest BCUT2D eigenvalue weighted by Crippen LogP contribution is -2.10. The van der Waals surface area contributed by atoms with Crippen molar-refractivity contribution in [2.45, 2.75) is 0 Å². The Bertz CT molecular complexity index is 523. The van der Waals surface area contributed by atoms with Gasteiger partial charge < -0.3 is 5.73 Å². The number of aliphatic imine (C=N–C) groups is 1. The van der Waals surface area contributed by atoms with Crippen LogP contribution in [0.5, 0.6) is 0 Å². The summed E-state index contributed by atoms with van der Waals surface area (Å²) in [6.45, 7) is 0. The lowest BCUT2D eigenvalue weighted by Gasteiger charge is -1.99. The van der Waals surface area contributed by atoms with E-state index in [1.54, 1.807) is 0 Å². The second-order valence-corrected chi connectivity index (χ2v) is 4.43. The Morgan fingerprint density at radius 1 is 1.38 bits per heavy atom. The fourth-order valence-electron chi connectivity index (χ4n) is 1.17. The summed E-state index contributed by atoms with van der Waals surface area (Å²) in [4.78, 5) is 5.03. The minimum Gasteiger partial charge on any atom is -0.383 e. The summed E-state index contributed by atoms with van der Waals surface area (Å²) >= 11 is 7.13. The van der Waals surface area contributed by atoms with Crippen LogP contribution in [-0.2, 0) is 0 Å². The molecular weight excluding hydrogens is 247 g/mol. The van der Waals surface area contributed by atoms with Gasteiger partial charge in [0.25, 0.3) is 0 Å². The maximum absolute atomic E-state index is 12.9. The van der Waals surface area contributed by atoms with Crippen molar-refractivity contribution in [2.75, 3.05) is 0 Å². The van der Waals surface area contributed by atoms with Gasteiger partial charge in [-0.15, -0.1) is 11.3 Å². The number of halogens is 2. The molecule has 2 aromatic rings. The van der Waals surface area contributed by atoms with E-state index >= 15 is 0 Å². The molecule has 0 amide bonds. The van der Waals surface area contributed by atoms with E-state index < -0.39 is 5.82 Å². The van der Waals surface area contributed by atoms with Crippen LogP contribution >= 0.6 is 22.9 Å². The van der Waals surface area contributed by atoms with Gasteiger partial charge in [-0.05, 0) is 29.6 Å². The van der Waals surface area contributed by atoms with Crippen molar-refractivity contribution in [1.82, 2.24) is 0 Å². The maximum atomic E-state index is 12.9. The molecule has 5 heteroatoms. The topological polar surface area (TPSA) is 38.4 Å². The van der Waals surface area contributed by atoms with Crippen LogP contribution in [0.3, 0.4) is 0 Å². The average molecular weight is 255 g/mol.